The molecule has 0 unspecified atom stereocenters. The maximum atomic E-state index is 13.1. The molecule has 2 aliphatic rings. The highest BCUT2D eigenvalue weighted by atomic mass is 16.5. The van der Waals surface area contributed by atoms with Crippen molar-refractivity contribution in [3.05, 3.63) is 60.2 Å². The van der Waals surface area contributed by atoms with Gasteiger partial charge in [0.15, 0.2) is 0 Å². The number of ether oxygens (including phenoxy) is 3. The molecular weight excluding hydrogens is 450 g/mol. The Morgan fingerprint density at radius 1 is 1.09 bits per heavy atom. The van der Waals surface area contributed by atoms with Crippen LogP contribution in [0, 0.1) is 0 Å². The minimum Gasteiger partial charge on any atom is -0.496 e. The van der Waals surface area contributed by atoms with Gasteiger partial charge in [0.1, 0.15) is 11.9 Å². The van der Waals surface area contributed by atoms with Gasteiger partial charge in [0.25, 0.3) is 0 Å². The highest BCUT2D eigenvalue weighted by Crippen LogP contribution is 2.28. The number of para-hydroxylation sites is 2. The number of β-amino-alcohol motifs (C(OH)–C–C–N with tert-alkyl or cyclic N) is 1. The summed E-state index contributed by atoms with van der Waals surface area (Å²) < 4.78 is 17.2. The number of fused-ring (bicyclic) bond motifs is 1. The van der Waals surface area contributed by atoms with E-state index in [1.54, 1.807) is 12.0 Å². The molecule has 2 saturated heterocycles. The van der Waals surface area contributed by atoms with Crippen LogP contribution in [0.4, 0.5) is 10.5 Å². The minimum absolute atomic E-state index is 0.111. The second-order valence-corrected chi connectivity index (χ2v) is 8.87. The Hall–Kier alpha value is -3.14. The van der Waals surface area contributed by atoms with E-state index in [1.165, 1.54) is 0 Å². The molecule has 2 heterocycles. The summed E-state index contributed by atoms with van der Waals surface area (Å²) in [6, 6.07) is 16.2. The molecule has 4 rings (SSSR count). The van der Waals surface area contributed by atoms with E-state index in [0.29, 0.717) is 25.1 Å². The van der Waals surface area contributed by atoms with Crippen LogP contribution in [0.3, 0.4) is 0 Å². The summed E-state index contributed by atoms with van der Waals surface area (Å²) in [4.78, 5) is 27.4. The SMILES string of the molecule is COc1ccccc1CNC(=O)C[C@@H]1CC[C@H]2[C@@H](COC[C@H](O)CN2C(=O)Nc2ccccc2)O1. The lowest BCUT2D eigenvalue weighted by molar-refractivity contribution is -0.149. The Labute approximate surface area is 205 Å². The predicted octanol–water partition coefficient (Wildman–Crippen LogP) is 2.54. The number of carbonyl (C=O) groups is 2. The Bertz CT molecular complexity index is 988. The Balaban J connectivity index is 1.35. The smallest absolute Gasteiger partial charge is 0.322 e. The second kappa shape index (κ2) is 12.0. The largest absolute Gasteiger partial charge is 0.496 e. The summed E-state index contributed by atoms with van der Waals surface area (Å²) in [6.07, 6.45) is 0.0423. The zero-order valence-electron chi connectivity index (χ0n) is 19.9. The number of amides is 3. The molecule has 35 heavy (non-hydrogen) atoms. The first-order chi connectivity index (χ1) is 17.0. The number of hydrogen-bond acceptors (Lipinski definition) is 6. The first kappa shape index (κ1) is 25.0. The zero-order chi connectivity index (χ0) is 24.6. The molecule has 3 N–H and O–H groups in total. The van der Waals surface area contributed by atoms with Gasteiger partial charge in [-0.15, -0.1) is 0 Å². The molecule has 4 atom stereocenters. The van der Waals surface area contributed by atoms with E-state index in [1.807, 2.05) is 54.6 Å². The number of aliphatic hydroxyl groups excluding tert-OH is 1. The molecule has 2 aliphatic heterocycles. The molecule has 9 heteroatoms. The number of anilines is 1. The number of carbonyl (C=O) groups excluding carboxylic acids is 2. The van der Waals surface area contributed by atoms with Crippen LogP contribution in [0.1, 0.15) is 24.8 Å². The van der Waals surface area contributed by atoms with Gasteiger partial charge in [-0.05, 0) is 31.0 Å². The average Bonchev–Trinajstić information content (AvgIpc) is 2.86. The standard InChI is InChI=1S/C26H33N3O6/c1-33-23-10-6-5-7-18(23)14-27-25(31)13-21-11-12-22-24(35-21)17-34-16-20(30)15-29(22)26(32)28-19-8-3-2-4-9-19/h2-10,20-22,24,30H,11-17H2,1H3,(H,27,31)(H,28,32)/t20-,21+,22+,24-/m1/s1. The quantitative estimate of drug-likeness (QED) is 0.583. The van der Waals surface area contributed by atoms with Crippen LogP contribution in [0.5, 0.6) is 5.75 Å². The van der Waals surface area contributed by atoms with E-state index >= 15 is 0 Å². The molecule has 9 nitrogen and oxygen atoms in total. The monoisotopic (exact) mass is 483 g/mol. The lowest BCUT2D eigenvalue weighted by Crippen LogP contribution is -2.58. The lowest BCUT2D eigenvalue weighted by atomic mass is 9.95. The highest BCUT2D eigenvalue weighted by Gasteiger charge is 2.40. The van der Waals surface area contributed by atoms with Crippen LogP contribution in [0.25, 0.3) is 0 Å². The molecule has 0 radical (unpaired) electrons. The molecule has 188 valence electrons. The first-order valence-corrected chi connectivity index (χ1v) is 12.0. The summed E-state index contributed by atoms with van der Waals surface area (Å²) in [5.74, 6) is 0.618. The van der Waals surface area contributed by atoms with E-state index in [0.717, 1.165) is 11.3 Å². The van der Waals surface area contributed by atoms with Gasteiger partial charge in [-0.2, -0.15) is 0 Å². The van der Waals surface area contributed by atoms with Crippen LogP contribution in [0.15, 0.2) is 54.6 Å². The Morgan fingerprint density at radius 3 is 2.66 bits per heavy atom. The summed E-state index contributed by atoms with van der Waals surface area (Å²) in [5, 5.41) is 16.1. The molecule has 2 fully saturated rings. The van der Waals surface area contributed by atoms with Crippen molar-refractivity contribution in [2.45, 2.75) is 50.2 Å². The van der Waals surface area contributed by atoms with Crippen molar-refractivity contribution < 1.29 is 28.9 Å². The Morgan fingerprint density at radius 2 is 1.86 bits per heavy atom. The van der Waals surface area contributed by atoms with Gasteiger partial charge in [0.05, 0.1) is 51.5 Å². The molecule has 0 aliphatic carbocycles. The van der Waals surface area contributed by atoms with Crippen LogP contribution in [-0.4, -0.2) is 73.2 Å². The fourth-order valence-electron chi connectivity index (χ4n) is 4.61. The van der Waals surface area contributed by atoms with E-state index in [4.69, 9.17) is 14.2 Å². The molecule has 2 aromatic rings. The third kappa shape index (κ3) is 6.72. The average molecular weight is 484 g/mol. The summed E-state index contributed by atoms with van der Waals surface area (Å²) in [6.45, 7) is 0.880. The van der Waals surface area contributed by atoms with Crippen molar-refractivity contribution in [3.63, 3.8) is 0 Å². The third-order valence-electron chi connectivity index (χ3n) is 6.35. The number of aliphatic hydroxyl groups is 1. The van der Waals surface area contributed by atoms with Gasteiger partial charge < -0.3 is 34.9 Å². The summed E-state index contributed by atoms with van der Waals surface area (Å²) >= 11 is 0. The van der Waals surface area contributed by atoms with Gasteiger partial charge in [-0.3, -0.25) is 4.79 Å². The number of benzene rings is 2. The number of urea groups is 1. The fraction of sp³-hybridized carbons (Fsp3) is 0.462. The van der Waals surface area contributed by atoms with Crippen LogP contribution < -0.4 is 15.4 Å². The lowest BCUT2D eigenvalue weighted by Gasteiger charge is -2.44. The van der Waals surface area contributed by atoms with E-state index in [-0.39, 0.29) is 56.4 Å². The molecule has 0 saturated carbocycles. The van der Waals surface area contributed by atoms with Gasteiger partial charge in [0.2, 0.25) is 5.91 Å². The molecule has 2 aromatic carbocycles. The molecule has 3 amide bonds. The normalized spacial score (nSPS) is 24.5. The minimum atomic E-state index is -0.782. The van der Waals surface area contributed by atoms with E-state index < -0.39 is 6.10 Å². The van der Waals surface area contributed by atoms with Crippen molar-refractivity contribution in [1.82, 2.24) is 10.2 Å². The van der Waals surface area contributed by atoms with Gasteiger partial charge in [0, 0.05) is 17.8 Å². The topological polar surface area (TPSA) is 109 Å². The van der Waals surface area contributed by atoms with Gasteiger partial charge >= 0.3 is 6.03 Å². The number of rotatable bonds is 6. The maximum Gasteiger partial charge on any atom is 0.322 e. The highest BCUT2D eigenvalue weighted by molar-refractivity contribution is 5.89. The van der Waals surface area contributed by atoms with E-state index in [9.17, 15) is 14.7 Å². The van der Waals surface area contributed by atoms with Crippen molar-refractivity contribution >= 4 is 17.6 Å². The number of nitrogens with one attached hydrogen (secondary N) is 2. The predicted molar refractivity (Wildman–Crippen MR) is 130 cm³/mol. The molecular formula is C26H33N3O6. The van der Waals surface area contributed by atoms with Gasteiger partial charge in [-0.25, -0.2) is 4.79 Å². The number of nitrogens with zero attached hydrogens (tertiary/aromatic N) is 1. The molecule has 0 spiro atoms. The Kier molecular flexibility index (Phi) is 8.57. The zero-order valence-corrected chi connectivity index (χ0v) is 19.9. The first-order valence-electron chi connectivity index (χ1n) is 12.0. The molecule has 0 aromatic heterocycles. The fourth-order valence-corrected chi connectivity index (χ4v) is 4.61. The van der Waals surface area contributed by atoms with E-state index in [2.05, 4.69) is 10.6 Å². The van der Waals surface area contributed by atoms with Gasteiger partial charge in [-0.1, -0.05) is 36.4 Å². The van der Waals surface area contributed by atoms with Crippen LogP contribution in [0.2, 0.25) is 0 Å². The number of hydrogen-bond donors (Lipinski definition) is 3. The van der Waals surface area contributed by atoms with Crippen LogP contribution in [-0.2, 0) is 20.8 Å². The maximum absolute atomic E-state index is 13.1. The van der Waals surface area contributed by atoms with Crippen molar-refractivity contribution in [3.8, 4) is 5.75 Å². The molecule has 0 bridgehead atoms. The van der Waals surface area contributed by atoms with Crippen molar-refractivity contribution in [2.24, 2.45) is 0 Å². The summed E-state index contributed by atoms with van der Waals surface area (Å²) in [5.41, 5.74) is 1.59. The second-order valence-electron chi connectivity index (χ2n) is 8.87. The third-order valence-corrected chi connectivity index (χ3v) is 6.35. The van der Waals surface area contributed by atoms with Crippen molar-refractivity contribution in [1.29, 1.82) is 0 Å². The summed E-state index contributed by atoms with van der Waals surface area (Å²) in [7, 11) is 1.60. The van der Waals surface area contributed by atoms with Crippen molar-refractivity contribution in [2.75, 3.05) is 32.2 Å². The number of methoxy groups -OCH3 is 1. The van der Waals surface area contributed by atoms with Crippen LogP contribution >= 0.6 is 0 Å².